The van der Waals surface area contributed by atoms with Gasteiger partial charge < -0.3 is 0 Å². The minimum absolute atomic E-state index is 0.0856. The van der Waals surface area contributed by atoms with Gasteiger partial charge >= 0.3 is 8.26 Å². The summed E-state index contributed by atoms with van der Waals surface area (Å²) in [6.07, 6.45) is 4.79. The predicted octanol–water partition coefficient (Wildman–Crippen LogP) is 0.905. The van der Waals surface area contributed by atoms with Crippen molar-refractivity contribution < 1.29 is 13.2 Å². The molecule has 68 valence electrons. The number of hydrogen-bond donors (Lipinski definition) is 0. The number of rotatable bonds is 0. The summed E-state index contributed by atoms with van der Waals surface area (Å²) in [6, 6.07) is 0. The molecular formula is C5H5Cl2NO3S. The molecule has 0 aromatic rings. The van der Waals surface area contributed by atoms with Crippen LogP contribution in [0.25, 0.3) is 0 Å². The van der Waals surface area contributed by atoms with Gasteiger partial charge in [0.2, 0.25) is 0 Å². The fourth-order valence-electron chi connectivity index (χ4n) is 0.407. The van der Waals surface area contributed by atoms with E-state index in [0.29, 0.717) is 6.54 Å². The van der Waals surface area contributed by atoms with Gasteiger partial charge in [-0.2, -0.15) is 8.42 Å². The Morgan fingerprint density at radius 3 is 2.08 bits per heavy atom. The number of allylic oxidation sites excluding steroid dienone is 1. The topological polar surface area (TPSA) is 63.6 Å². The summed E-state index contributed by atoms with van der Waals surface area (Å²) in [4.78, 5) is 14.0. The first kappa shape index (κ1) is 11.6. The molecular weight excluding hydrogens is 225 g/mol. The first-order chi connectivity index (χ1) is 5.39. The van der Waals surface area contributed by atoms with E-state index in [0.717, 1.165) is 0 Å². The number of dihydropyridines is 1. The zero-order valence-corrected chi connectivity index (χ0v) is 8.10. The molecule has 0 bridgehead atoms. The predicted molar refractivity (Wildman–Crippen MR) is 48.1 cm³/mol. The molecule has 0 aromatic carbocycles. The SMILES string of the molecule is O=C1C=CC=NC1.O=S(=O)(Cl)Cl. The second kappa shape index (κ2) is 5.29. The van der Waals surface area contributed by atoms with Gasteiger partial charge in [0.25, 0.3) is 0 Å². The molecule has 0 N–H and O–H groups in total. The monoisotopic (exact) mass is 229 g/mol. The summed E-state index contributed by atoms with van der Waals surface area (Å²) in [7, 11) is 4.81. The van der Waals surface area contributed by atoms with Crippen molar-refractivity contribution in [1.82, 2.24) is 0 Å². The zero-order valence-electron chi connectivity index (χ0n) is 5.78. The molecule has 7 heteroatoms. The quantitative estimate of drug-likeness (QED) is 0.581. The van der Waals surface area contributed by atoms with E-state index in [1.807, 2.05) is 0 Å². The van der Waals surface area contributed by atoms with Gasteiger partial charge in [0, 0.05) is 27.6 Å². The van der Waals surface area contributed by atoms with Crippen LogP contribution in [0.1, 0.15) is 0 Å². The number of hydrogen-bond acceptors (Lipinski definition) is 4. The lowest BCUT2D eigenvalue weighted by atomic mass is 10.3. The molecule has 12 heavy (non-hydrogen) atoms. The van der Waals surface area contributed by atoms with Crippen LogP contribution in [0.3, 0.4) is 0 Å². The Balaban J connectivity index is 0.000000217. The van der Waals surface area contributed by atoms with Gasteiger partial charge in [0.15, 0.2) is 5.78 Å². The lowest BCUT2D eigenvalue weighted by molar-refractivity contribution is -0.113. The maximum Gasteiger partial charge on any atom is 0.317 e. The smallest absolute Gasteiger partial charge is 0.293 e. The van der Waals surface area contributed by atoms with E-state index < -0.39 is 8.26 Å². The Morgan fingerprint density at radius 2 is 1.92 bits per heavy atom. The molecule has 0 aromatic heterocycles. The summed E-state index contributed by atoms with van der Waals surface area (Å²) < 4.78 is 18.3. The van der Waals surface area contributed by atoms with E-state index in [4.69, 9.17) is 8.42 Å². The van der Waals surface area contributed by atoms with Gasteiger partial charge in [-0.25, -0.2) is 0 Å². The molecule has 1 rings (SSSR count). The van der Waals surface area contributed by atoms with Gasteiger partial charge in [0.05, 0.1) is 0 Å². The maximum atomic E-state index is 10.3. The lowest BCUT2D eigenvalue weighted by Gasteiger charge is -1.88. The van der Waals surface area contributed by atoms with Crippen LogP contribution >= 0.6 is 21.4 Å². The minimum Gasteiger partial charge on any atom is -0.293 e. The number of aliphatic imine (C=N–C) groups is 1. The molecule has 0 amide bonds. The third kappa shape index (κ3) is 12.3. The number of carbonyl (C=O) groups excluding carboxylic acids is 1. The number of nitrogens with zero attached hydrogens (tertiary/aromatic N) is 1. The highest BCUT2D eigenvalue weighted by Crippen LogP contribution is 1.98. The molecule has 0 spiro atoms. The van der Waals surface area contributed by atoms with E-state index in [9.17, 15) is 4.79 Å². The maximum absolute atomic E-state index is 10.3. The van der Waals surface area contributed by atoms with Crippen molar-refractivity contribution in [3.8, 4) is 0 Å². The van der Waals surface area contributed by atoms with Crippen molar-refractivity contribution in [2.45, 2.75) is 0 Å². The number of halogens is 2. The molecule has 0 fully saturated rings. The first-order valence-electron chi connectivity index (χ1n) is 2.73. The highest BCUT2D eigenvalue weighted by molar-refractivity contribution is 8.31. The fraction of sp³-hybridized carbons (Fsp3) is 0.200. The molecule has 1 aliphatic rings. The molecule has 0 atom stereocenters. The molecule has 0 radical (unpaired) electrons. The number of carbonyl (C=O) groups is 1. The van der Waals surface area contributed by atoms with Gasteiger partial charge in [-0.05, 0) is 12.2 Å². The highest BCUT2D eigenvalue weighted by Gasteiger charge is 1.93. The molecule has 0 aliphatic carbocycles. The summed E-state index contributed by atoms with van der Waals surface area (Å²) in [5.74, 6) is 0.0856. The Morgan fingerprint density at radius 1 is 1.42 bits per heavy atom. The Hall–Kier alpha value is -0.390. The van der Waals surface area contributed by atoms with Crippen molar-refractivity contribution in [1.29, 1.82) is 0 Å². The second-order valence-electron chi connectivity index (χ2n) is 1.69. The van der Waals surface area contributed by atoms with Crippen molar-refractivity contribution in [3.63, 3.8) is 0 Å². The lowest BCUT2D eigenvalue weighted by Crippen LogP contribution is -2.00. The largest absolute Gasteiger partial charge is 0.317 e. The summed E-state index contributed by atoms with van der Waals surface area (Å²) in [5, 5.41) is 0. The average molecular weight is 230 g/mol. The summed E-state index contributed by atoms with van der Waals surface area (Å²) >= 11 is 0. The zero-order chi connectivity index (χ0) is 9.61. The van der Waals surface area contributed by atoms with Gasteiger partial charge in [0.1, 0.15) is 6.54 Å². The van der Waals surface area contributed by atoms with Crippen LogP contribution in [0.5, 0.6) is 0 Å². The molecule has 0 saturated heterocycles. The van der Waals surface area contributed by atoms with Crippen molar-refractivity contribution >= 4 is 41.6 Å². The Bertz CT molecular complexity index is 299. The summed E-state index contributed by atoms with van der Waals surface area (Å²) in [6.45, 7) is 0.330. The van der Waals surface area contributed by atoms with Crippen LogP contribution in [0.15, 0.2) is 17.1 Å². The third-order valence-electron chi connectivity index (χ3n) is 0.721. The van der Waals surface area contributed by atoms with Crippen LogP contribution in [0.4, 0.5) is 0 Å². The van der Waals surface area contributed by atoms with Crippen molar-refractivity contribution in [2.75, 3.05) is 6.54 Å². The molecule has 0 unspecified atom stereocenters. The highest BCUT2D eigenvalue weighted by atomic mass is 36.0. The fourth-order valence-corrected chi connectivity index (χ4v) is 0.407. The van der Waals surface area contributed by atoms with E-state index in [1.54, 1.807) is 12.3 Å². The van der Waals surface area contributed by atoms with Crippen LogP contribution in [0.2, 0.25) is 0 Å². The van der Waals surface area contributed by atoms with E-state index in [2.05, 4.69) is 26.4 Å². The van der Waals surface area contributed by atoms with Crippen molar-refractivity contribution in [2.24, 2.45) is 4.99 Å². The van der Waals surface area contributed by atoms with E-state index in [1.165, 1.54) is 6.08 Å². The van der Waals surface area contributed by atoms with Crippen LogP contribution in [0, 0.1) is 0 Å². The Labute approximate surface area is 78.8 Å². The van der Waals surface area contributed by atoms with Gasteiger partial charge in [-0.15, -0.1) is 0 Å². The Kier molecular flexibility index (Phi) is 5.12. The van der Waals surface area contributed by atoms with E-state index >= 15 is 0 Å². The van der Waals surface area contributed by atoms with Gasteiger partial charge in [-0.3, -0.25) is 9.79 Å². The first-order valence-corrected chi connectivity index (χ1v) is 5.86. The standard InChI is InChI=1S/C5H5NO.Cl2O2S/c7-5-2-1-3-6-4-5;1-5(2,3)4/h1-3H,4H2;. The number of ketones is 1. The molecule has 1 heterocycles. The van der Waals surface area contributed by atoms with Crippen LogP contribution in [-0.4, -0.2) is 27.0 Å². The van der Waals surface area contributed by atoms with Crippen LogP contribution in [-0.2, 0) is 13.1 Å². The van der Waals surface area contributed by atoms with Crippen LogP contribution < -0.4 is 0 Å². The molecule has 4 nitrogen and oxygen atoms in total. The van der Waals surface area contributed by atoms with Gasteiger partial charge in [-0.1, -0.05) is 0 Å². The van der Waals surface area contributed by atoms with Crippen molar-refractivity contribution in [3.05, 3.63) is 12.2 Å². The average Bonchev–Trinajstić information content (AvgIpc) is 1.85. The normalized spacial score (nSPS) is 15.3. The minimum atomic E-state index is -3.72. The summed E-state index contributed by atoms with van der Waals surface area (Å²) in [5.41, 5.74) is 0. The second-order valence-corrected chi connectivity index (χ2v) is 5.36. The molecule has 0 saturated carbocycles. The van der Waals surface area contributed by atoms with E-state index in [-0.39, 0.29) is 5.78 Å². The molecule has 1 aliphatic heterocycles. The third-order valence-corrected chi connectivity index (χ3v) is 0.721.